The average molecular weight is 446 g/mol. The first-order valence-corrected chi connectivity index (χ1v) is 9.77. The third-order valence-electron chi connectivity index (χ3n) is 4.61. The minimum Gasteiger partial charge on any atom is -0.454 e. The van der Waals surface area contributed by atoms with Crippen LogP contribution in [0.4, 0.5) is 5.82 Å². The highest BCUT2D eigenvalue weighted by Gasteiger charge is 2.15. The van der Waals surface area contributed by atoms with Crippen LogP contribution in [0.1, 0.15) is 25.3 Å². The molecule has 4 N–H and O–H groups in total. The van der Waals surface area contributed by atoms with Crippen LogP contribution >= 0.6 is 23.2 Å². The number of benzene rings is 2. The molecule has 0 atom stereocenters. The number of nitrogen functional groups attached to an aromatic ring is 1. The first kappa shape index (κ1) is 20.1. The van der Waals surface area contributed by atoms with Gasteiger partial charge in [-0.3, -0.25) is 9.78 Å². The molecule has 2 aromatic carbocycles. The molecule has 0 aliphatic heterocycles. The van der Waals surface area contributed by atoms with Gasteiger partial charge in [-0.1, -0.05) is 37.0 Å². The Kier molecular flexibility index (Phi) is 5.05. The molecule has 154 valence electrons. The van der Waals surface area contributed by atoms with Crippen molar-refractivity contribution in [3.8, 4) is 17.2 Å². The number of H-pyrrole nitrogens is 2. The lowest BCUT2D eigenvalue weighted by Gasteiger charge is -2.13. The third kappa shape index (κ3) is 3.55. The minimum atomic E-state index is -0.769. The largest absolute Gasteiger partial charge is 0.454 e. The van der Waals surface area contributed by atoms with Crippen LogP contribution in [-0.4, -0.2) is 19.7 Å². The molecule has 0 spiro atoms. The zero-order valence-corrected chi connectivity index (χ0v) is 17.5. The number of nitrogens with zero attached hydrogens (tertiary/aromatic N) is 2. The van der Waals surface area contributed by atoms with Crippen LogP contribution < -0.4 is 21.7 Å². The summed E-state index contributed by atoms with van der Waals surface area (Å²) in [5.41, 5.74) is 6.36. The molecule has 0 aliphatic rings. The van der Waals surface area contributed by atoms with E-state index in [1.165, 1.54) is 17.7 Å². The Bertz CT molecular complexity index is 1360. The Morgan fingerprint density at radius 2 is 1.83 bits per heavy atom. The quantitative estimate of drug-likeness (QED) is 0.434. The van der Waals surface area contributed by atoms with Crippen LogP contribution in [0.5, 0.6) is 11.5 Å². The van der Waals surface area contributed by atoms with Gasteiger partial charge in [-0.25, -0.2) is 4.79 Å². The van der Waals surface area contributed by atoms with Gasteiger partial charge in [0.15, 0.2) is 5.75 Å². The maximum atomic E-state index is 12.0. The summed E-state index contributed by atoms with van der Waals surface area (Å²) in [6.07, 6.45) is 1.98. The molecule has 0 radical (unpaired) electrons. The molecule has 30 heavy (non-hydrogen) atoms. The van der Waals surface area contributed by atoms with E-state index in [0.29, 0.717) is 11.7 Å². The summed E-state index contributed by atoms with van der Waals surface area (Å²) >= 11 is 12.7. The number of rotatable bonds is 4. The van der Waals surface area contributed by atoms with E-state index < -0.39 is 11.2 Å². The van der Waals surface area contributed by atoms with Gasteiger partial charge in [-0.05, 0) is 41.8 Å². The predicted octanol–water partition coefficient (Wildman–Crippen LogP) is 4.21. The van der Waals surface area contributed by atoms with Crippen LogP contribution in [-0.2, 0) is 0 Å². The molecular formula is C20H17Cl2N5O3. The molecular weight excluding hydrogens is 429 g/mol. The molecule has 8 nitrogen and oxygen atoms in total. The standard InChI is InChI=1S/C20H17Cl2N5O3/c1-9(2)13-8-24-16-4-3-11(7-12(13)16)30-17-14(21)5-10(6-15(17)22)27-20(29)25-19(28)18(23)26-27/h3-9,24H,1-2H3,(H2,23,26)(H,25,28,29). The highest BCUT2D eigenvalue weighted by atomic mass is 35.5. The highest BCUT2D eigenvalue weighted by Crippen LogP contribution is 2.39. The monoisotopic (exact) mass is 445 g/mol. The van der Waals surface area contributed by atoms with Crippen molar-refractivity contribution < 1.29 is 4.74 Å². The third-order valence-corrected chi connectivity index (χ3v) is 5.17. The number of hydrogen-bond donors (Lipinski definition) is 3. The summed E-state index contributed by atoms with van der Waals surface area (Å²) in [4.78, 5) is 28.8. The Labute approximate surface area is 180 Å². The number of halogens is 2. The lowest BCUT2D eigenvalue weighted by Crippen LogP contribution is -2.33. The van der Waals surface area contributed by atoms with E-state index >= 15 is 0 Å². The van der Waals surface area contributed by atoms with Crippen molar-refractivity contribution in [1.82, 2.24) is 19.7 Å². The van der Waals surface area contributed by atoms with Crippen LogP contribution in [0.25, 0.3) is 16.6 Å². The lowest BCUT2D eigenvalue weighted by atomic mass is 10.0. The molecule has 0 fully saturated rings. The number of fused-ring (bicyclic) bond motifs is 1. The van der Waals surface area contributed by atoms with E-state index in [4.69, 9.17) is 33.7 Å². The SMILES string of the molecule is CC(C)c1c[nH]c2ccc(Oc3c(Cl)cc(-n4nc(N)c(=O)[nH]c4=O)cc3Cl)cc12. The van der Waals surface area contributed by atoms with Crippen molar-refractivity contribution in [2.75, 3.05) is 5.73 Å². The van der Waals surface area contributed by atoms with Gasteiger partial charge in [-0.15, -0.1) is 5.10 Å². The summed E-state index contributed by atoms with van der Waals surface area (Å²) in [5, 5.41) is 5.14. The van der Waals surface area contributed by atoms with Crippen molar-refractivity contribution in [1.29, 1.82) is 0 Å². The fraction of sp³-hybridized carbons (Fsp3) is 0.150. The molecule has 0 amide bonds. The molecule has 4 aromatic rings. The minimum absolute atomic E-state index is 0.161. The zero-order valence-electron chi connectivity index (χ0n) is 16.0. The van der Waals surface area contributed by atoms with Gasteiger partial charge < -0.3 is 15.5 Å². The Balaban J connectivity index is 1.74. The molecule has 2 aromatic heterocycles. The van der Waals surface area contributed by atoms with Gasteiger partial charge >= 0.3 is 5.69 Å². The van der Waals surface area contributed by atoms with E-state index in [-0.39, 0.29) is 27.3 Å². The van der Waals surface area contributed by atoms with Crippen LogP contribution in [0.2, 0.25) is 10.0 Å². The number of hydrogen-bond acceptors (Lipinski definition) is 5. The van der Waals surface area contributed by atoms with Crippen molar-refractivity contribution in [3.63, 3.8) is 0 Å². The second-order valence-electron chi connectivity index (χ2n) is 7.00. The van der Waals surface area contributed by atoms with Crippen LogP contribution in [0.3, 0.4) is 0 Å². The maximum Gasteiger partial charge on any atom is 0.349 e. The number of ether oxygens (including phenoxy) is 1. The summed E-state index contributed by atoms with van der Waals surface area (Å²) in [5.74, 6) is 0.775. The first-order valence-electron chi connectivity index (χ1n) is 9.02. The first-order chi connectivity index (χ1) is 14.2. The van der Waals surface area contributed by atoms with Crippen molar-refractivity contribution in [3.05, 3.63) is 73.0 Å². The molecule has 4 rings (SSSR count). The van der Waals surface area contributed by atoms with Gasteiger partial charge in [0, 0.05) is 17.1 Å². The summed E-state index contributed by atoms with van der Waals surface area (Å²) in [6, 6.07) is 8.53. The molecule has 0 aliphatic carbocycles. The highest BCUT2D eigenvalue weighted by molar-refractivity contribution is 6.37. The molecule has 2 heterocycles. The van der Waals surface area contributed by atoms with Crippen LogP contribution in [0.15, 0.2) is 46.1 Å². The smallest absolute Gasteiger partial charge is 0.349 e. The summed E-state index contributed by atoms with van der Waals surface area (Å²) < 4.78 is 6.85. The Hall–Kier alpha value is -3.23. The second kappa shape index (κ2) is 7.55. The number of anilines is 1. The van der Waals surface area contributed by atoms with Crippen molar-refractivity contribution in [2.45, 2.75) is 19.8 Å². The van der Waals surface area contributed by atoms with Gasteiger partial charge in [0.25, 0.3) is 5.56 Å². The fourth-order valence-electron chi connectivity index (χ4n) is 3.13. The predicted molar refractivity (Wildman–Crippen MR) is 117 cm³/mol. The zero-order chi connectivity index (χ0) is 21.6. The van der Waals surface area contributed by atoms with Crippen molar-refractivity contribution in [2.24, 2.45) is 0 Å². The second-order valence-corrected chi connectivity index (χ2v) is 7.82. The fourth-order valence-corrected chi connectivity index (χ4v) is 3.69. The van der Waals surface area contributed by atoms with E-state index in [9.17, 15) is 9.59 Å². The Morgan fingerprint density at radius 3 is 2.50 bits per heavy atom. The number of aromatic amines is 2. The molecule has 0 bridgehead atoms. The topological polar surface area (TPSA) is 119 Å². The normalized spacial score (nSPS) is 11.4. The summed E-state index contributed by atoms with van der Waals surface area (Å²) in [7, 11) is 0. The van der Waals surface area contributed by atoms with Gasteiger partial charge in [0.1, 0.15) is 5.75 Å². The molecule has 10 heteroatoms. The average Bonchev–Trinajstić information content (AvgIpc) is 3.11. The van der Waals surface area contributed by atoms with Gasteiger partial charge in [0.05, 0.1) is 15.7 Å². The summed E-state index contributed by atoms with van der Waals surface area (Å²) in [6.45, 7) is 4.23. The van der Waals surface area contributed by atoms with Gasteiger partial charge in [-0.2, -0.15) is 4.68 Å². The number of aromatic nitrogens is 4. The van der Waals surface area contributed by atoms with E-state index in [1.807, 2.05) is 18.3 Å². The number of nitrogens with one attached hydrogen (secondary N) is 2. The van der Waals surface area contributed by atoms with Gasteiger partial charge in [0.2, 0.25) is 5.82 Å². The maximum absolute atomic E-state index is 12.0. The van der Waals surface area contributed by atoms with E-state index in [1.54, 1.807) is 6.07 Å². The Morgan fingerprint density at radius 1 is 1.13 bits per heavy atom. The van der Waals surface area contributed by atoms with E-state index in [2.05, 4.69) is 28.9 Å². The molecule has 0 unspecified atom stereocenters. The van der Waals surface area contributed by atoms with Crippen LogP contribution in [0, 0.1) is 0 Å². The van der Waals surface area contributed by atoms with Crippen molar-refractivity contribution >= 4 is 39.9 Å². The molecule has 0 saturated carbocycles. The number of nitrogens with two attached hydrogens (primary N) is 1. The van der Waals surface area contributed by atoms with E-state index in [0.717, 1.165) is 15.6 Å². The lowest BCUT2D eigenvalue weighted by molar-refractivity contribution is 0.483. The molecule has 0 saturated heterocycles.